The molecule has 1 N–H and O–H groups in total. The third kappa shape index (κ3) is 2.58. The Kier molecular flexibility index (Phi) is 3.06. The Hall–Kier alpha value is -0.280. The van der Waals surface area contributed by atoms with E-state index in [-0.39, 0.29) is 0 Å². The molecule has 2 heterocycles. The highest BCUT2D eigenvalue weighted by atomic mass is 127. The van der Waals surface area contributed by atoms with Gasteiger partial charge in [-0.2, -0.15) is 0 Å². The lowest BCUT2D eigenvalue weighted by molar-refractivity contribution is 1.05. The summed E-state index contributed by atoms with van der Waals surface area (Å²) in [5.74, 6) is 0.815. The Labute approximate surface area is 96.7 Å². The SMILES string of the molecule is Ic1cnc(CNc2csnn2)s1. The van der Waals surface area contributed by atoms with Crippen LogP contribution in [0.5, 0.6) is 0 Å². The van der Waals surface area contributed by atoms with Gasteiger partial charge in [0.05, 0.1) is 21.0 Å². The van der Waals surface area contributed by atoms with Crippen molar-refractivity contribution in [3.8, 4) is 0 Å². The van der Waals surface area contributed by atoms with Crippen molar-refractivity contribution in [3.63, 3.8) is 0 Å². The minimum Gasteiger partial charge on any atom is -0.361 e. The maximum atomic E-state index is 4.22. The van der Waals surface area contributed by atoms with E-state index in [1.54, 1.807) is 11.3 Å². The van der Waals surface area contributed by atoms with Crippen LogP contribution in [-0.4, -0.2) is 14.6 Å². The van der Waals surface area contributed by atoms with Crippen molar-refractivity contribution >= 4 is 51.3 Å². The predicted octanol–water partition coefficient (Wildman–Crippen LogP) is 2.21. The molecule has 0 saturated heterocycles. The van der Waals surface area contributed by atoms with Gasteiger partial charge in [0.15, 0.2) is 5.82 Å². The molecular formula is C6H5IN4S2. The van der Waals surface area contributed by atoms with E-state index in [1.165, 1.54) is 14.4 Å². The molecule has 0 atom stereocenters. The second kappa shape index (κ2) is 4.29. The van der Waals surface area contributed by atoms with Gasteiger partial charge in [0, 0.05) is 0 Å². The van der Waals surface area contributed by atoms with Crippen LogP contribution in [0.25, 0.3) is 0 Å². The predicted molar refractivity (Wildman–Crippen MR) is 62.1 cm³/mol. The lowest BCUT2D eigenvalue weighted by Crippen LogP contribution is -1.98. The van der Waals surface area contributed by atoms with Crippen molar-refractivity contribution in [3.05, 3.63) is 19.5 Å². The topological polar surface area (TPSA) is 50.7 Å². The van der Waals surface area contributed by atoms with E-state index in [0.717, 1.165) is 17.4 Å². The van der Waals surface area contributed by atoms with Crippen LogP contribution in [0, 0.1) is 2.88 Å². The molecule has 0 radical (unpaired) electrons. The van der Waals surface area contributed by atoms with Gasteiger partial charge in [0.1, 0.15) is 5.01 Å². The monoisotopic (exact) mass is 324 g/mol. The Balaban J connectivity index is 1.93. The minimum absolute atomic E-state index is 0.721. The molecule has 2 rings (SSSR count). The number of hydrogen-bond donors (Lipinski definition) is 1. The zero-order chi connectivity index (χ0) is 9.10. The highest BCUT2D eigenvalue weighted by molar-refractivity contribution is 14.1. The summed E-state index contributed by atoms with van der Waals surface area (Å²) in [6.45, 7) is 0.721. The molecule has 0 amide bonds. The van der Waals surface area contributed by atoms with E-state index in [0.29, 0.717) is 0 Å². The van der Waals surface area contributed by atoms with E-state index in [9.17, 15) is 0 Å². The normalized spacial score (nSPS) is 10.2. The van der Waals surface area contributed by atoms with Crippen LogP contribution in [0.2, 0.25) is 0 Å². The first kappa shape index (κ1) is 9.28. The minimum atomic E-state index is 0.721. The van der Waals surface area contributed by atoms with E-state index in [2.05, 4.69) is 42.5 Å². The third-order valence-corrected chi connectivity index (χ3v) is 3.54. The van der Waals surface area contributed by atoms with E-state index < -0.39 is 0 Å². The molecular weight excluding hydrogens is 319 g/mol. The van der Waals surface area contributed by atoms with Gasteiger partial charge in [-0.25, -0.2) is 4.98 Å². The maximum absolute atomic E-state index is 4.22. The quantitative estimate of drug-likeness (QED) is 0.880. The number of nitrogens with zero attached hydrogens (tertiary/aromatic N) is 3. The van der Waals surface area contributed by atoms with Crippen molar-refractivity contribution in [2.24, 2.45) is 0 Å². The molecule has 13 heavy (non-hydrogen) atoms. The van der Waals surface area contributed by atoms with Crippen LogP contribution in [0.4, 0.5) is 5.82 Å². The Morgan fingerprint density at radius 1 is 1.54 bits per heavy atom. The first-order valence-electron chi connectivity index (χ1n) is 3.46. The molecule has 0 aliphatic rings. The Morgan fingerprint density at radius 2 is 2.46 bits per heavy atom. The fraction of sp³-hybridized carbons (Fsp3) is 0.167. The van der Waals surface area contributed by atoms with E-state index >= 15 is 0 Å². The number of rotatable bonds is 3. The van der Waals surface area contributed by atoms with Crippen LogP contribution >= 0.6 is 45.5 Å². The van der Waals surface area contributed by atoms with Crippen molar-refractivity contribution < 1.29 is 0 Å². The first-order chi connectivity index (χ1) is 6.34. The van der Waals surface area contributed by atoms with E-state index in [4.69, 9.17) is 0 Å². The number of anilines is 1. The summed E-state index contributed by atoms with van der Waals surface area (Å²) >= 11 is 5.27. The molecule has 0 bridgehead atoms. The average molecular weight is 324 g/mol. The molecule has 0 spiro atoms. The fourth-order valence-electron chi connectivity index (χ4n) is 0.778. The van der Waals surface area contributed by atoms with Crippen LogP contribution in [0.1, 0.15) is 5.01 Å². The summed E-state index contributed by atoms with van der Waals surface area (Å²) < 4.78 is 4.95. The summed E-state index contributed by atoms with van der Waals surface area (Å²) in [5.41, 5.74) is 0. The Morgan fingerprint density at radius 3 is 3.08 bits per heavy atom. The van der Waals surface area contributed by atoms with Crippen molar-refractivity contribution in [1.82, 2.24) is 14.6 Å². The first-order valence-corrected chi connectivity index (χ1v) is 6.19. The van der Waals surface area contributed by atoms with E-state index in [1.807, 2.05) is 11.6 Å². The van der Waals surface area contributed by atoms with Crippen LogP contribution < -0.4 is 5.32 Å². The molecule has 7 heteroatoms. The molecule has 0 saturated carbocycles. The van der Waals surface area contributed by atoms with Crippen LogP contribution in [0.3, 0.4) is 0 Å². The molecule has 0 aliphatic carbocycles. The van der Waals surface area contributed by atoms with Crippen LogP contribution in [-0.2, 0) is 6.54 Å². The molecule has 2 aromatic rings. The van der Waals surface area contributed by atoms with Crippen molar-refractivity contribution in [1.29, 1.82) is 0 Å². The lowest BCUT2D eigenvalue weighted by Gasteiger charge is -1.96. The second-order valence-electron chi connectivity index (χ2n) is 2.20. The standard InChI is InChI=1S/C6H5IN4S2/c7-4-1-9-6(13-4)2-8-5-3-12-11-10-5/h1,3,8H,2H2. The Bertz CT molecular complexity index is 372. The average Bonchev–Trinajstić information content (AvgIpc) is 2.71. The summed E-state index contributed by atoms with van der Waals surface area (Å²) in [7, 11) is 0. The summed E-state index contributed by atoms with van der Waals surface area (Å²) in [6.07, 6.45) is 1.86. The van der Waals surface area contributed by atoms with Gasteiger partial charge < -0.3 is 5.32 Å². The molecule has 0 aromatic carbocycles. The van der Waals surface area contributed by atoms with Crippen LogP contribution in [0.15, 0.2) is 11.6 Å². The van der Waals surface area contributed by atoms with Crippen molar-refractivity contribution in [2.75, 3.05) is 5.32 Å². The van der Waals surface area contributed by atoms with Gasteiger partial charge >= 0.3 is 0 Å². The smallest absolute Gasteiger partial charge is 0.161 e. The number of hydrogen-bond acceptors (Lipinski definition) is 6. The molecule has 0 aliphatic heterocycles. The third-order valence-electron chi connectivity index (χ3n) is 1.31. The zero-order valence-corrected chi connectivity index (χ0v) is 10.2. The molecule has 0 fully saturated rings. The largest absolute Gasteiger partial charge is 0.361 e. The molecule has 68 valence electrons. The van der Waals surface area contributed by atoms with Gasteiger partial charge in [0.25, 0.3) is 0 Å². The highest BCUT2D eigenvalue weighted by Gasteiger charge is 2.00. The number of aromatic nitrogens is 3. The molecule has 4 nitrogen and oxygen atoms in total. The zero-order valence-electron chi connectivity index (χ0n) is 6.40. The second-order valence-corrected chi connectivity index (χ2v) is 5.82. The maximum Gasteiger partial charge on any atom is 0.161 e. The number of halogens is 1. The molecule has 2 aromatic heterocycles. The highest BCUT2D eigenvalue weighted by Crippen LogP contribution is 2.15. The van der Waals surface area contributed by atoms with Crippen molar-refractivity contribution in [2.45, 2.75) is 6.54 Å². The van der Waals surface area contributed by atoms with Gasteiger partial charge in [-0.05, 0) is 34.1 Å². The summed E-state index contributed by atoms with van der Waals surface area (Å²) in [6, 6.07) is 0. The van der Waals surface area contributed by atoms with Gasteiger partial charge in [0.2, 0.25) is 0 Å². The lowest BCUT2D eigenvalue weighted by atomic mass is 10.6. The van der Waals surface area contributed by atoms with Gasteiger partial charge in [-0.15, -0.1) is 16.4 Å². The molecule has 0 unspecified atom stereocenters. The summed E-state index contributed by atoms with van der Waals surface area (Å²) in [4.78, 5) is 4.22. The number of nitrogens with one attached hydrogen (secondary N) is 1. The van der Waals surface area contributed by atoms with Gasteiger partial charge in [-0.3, -0.25) is 0 Å². The summed E-state index contributed by atoms with van der Waals surface area (Å²) in [5, 5.41) is 9.95. The fourth-order valence-corrected chi connectivity index (χ4v) is 2.67. The number of thiazole rings is 1. The van der Waals surface area contributed by atoms with Gasteiger partial charge in [-0.1, -0.05) is 4.49 Å².